The molecule has 0 aliphatic carbocycles. The van der Waals surface area contributed by atoms with E-state index in [1.54, 1.807) is 17.4 Å². The van der Waals surface area contributed by atoms with Crippen LogP contribution in [-0.4, -0.2) is 5.97 Å². The molecule has 0 amide bonds. The highest BCUT2D eigenvalue weighted by atomic mass is 79.9. The topological polar surface area (TPSA) is 26.3 Å². The Morgan fingerprint density at radius 2 is 2.00 bits per heavy atom. The third kappa shape index (κ3) is 1.94. The van der Waals surface area contributed by atoms with Crippen molar-refractivity contribution in [2.24, 2.45) is 0 Å². The Morgan fingerprint density at radius 1 is 1.24 bits per heavy atom. The van der Waals surface area contributed by atoms with Crippen LogP contribution in [0.5, 0.6) is 0 Å². The van der Waals surface area contributed by atoms with Crippen LogP contribution in [0.4, 0.5) is 0 Å². The average Bonchev–Trinajstić information content (AvgIpc) is 2.86. The fourth-order valence-corrected chi connectivity index (χ4v) is 3.09. The van der Waals surface area contributed by atoms with E-state index in [1.165, 1.54) is 0 Å². The third-order valence-electron chi connectivity index (χ3n) is 2.48. The Morgan fingerprint density at radius 3 is 2.71 bits per heavy atom. The van der Waals surface area contributed by atoms with Gasteiger partial charge in [-0.15, -0.1) is 11.3 Å². The zero-order valence-electron chi connectivity index (χ0n) is 8.64. The van der Waals surface area contributed by atoms with Crippen LogP contribution in [0.25, 0.3) is 11.8 Å². The van der Waals surface area contributed by atoms with Gasteiger partial charge in [-0.2, -0.15) is 0 Å². The number of hydrogen-bond donors (Lipinski definition) is 0. The Hall–Kier alpha value is -1.39. The Labute approximate surface area is 111 Å². The van der Waals surface area contributed by atoms with Crippen LogP contribution >= 0.6 is 27.3 Å². The van der Waals surface area contributed by atoms with Crippen LogP contribution < -0.4 is 0 Å². The summed E-state index contributed by atoms with van der Waals surface area (Å²) in [5.41, 5.74) is 1.50. The van der Waals surface area contributed by atoms with Gasteiger partial charge in [-0.25, -0.2) is 4.79 Å². The van der Waals surface area contributed by atoms with E-state index in [0.29, 0.717) is 11.3 Å². The second-order valence-corrected chi connectivity index (χ2v) is 5.47. The molecule has 2 heterocycles. The first kappa shape index (κ1) is 10.7. The lowest BCUT2D eigenvalue weighted by atomic mass is 10.1. The van der Waals surface area contributed by atoms with Crippen molar-refractivity contribution in [3.8, 4) is 0 Å². The van der Waals surface area contributed by atoms with Gasteiger partial charge in [0.1, 0.15) is 5.76 Å². The molecule has 0 bridgehead atoms. The molecule has 0 unspecified atom stereocenters. The number of esters is 1. The van der Waals surface area contributed by atoms with Gasteiger partial charge in [-0.1, -0.05) is 18.2 Å². The lowest BCUT2D eigenvalue weighted by Gasteiger charge is -1.96. The average molecular weight is 307 g/mol. The van der Waals surface area contributed by atoms with E-state index in [0.717, 1.165) is 14.9 Å². The summed E-state index contributed by atoms with van der Waals surface area (Å²) in [5.74, 6) is 0.349. The fourth-order valence-electron chi connectivity index (χ4n) is 1.73. The molecule has 2 aromatic rings. The number of benzene rings is 1. The van der Waals surface area contributed by atoms with E-state index in [9.17, 15) is 4.79 Å². The molecule has 0 saturated heterocycles. The van der Waals surface area contributed by atoms with Crippen molar-refractivity contribution in [2.45, 2.75) is 0 Å². The van der Waals surface area contributed by atoms with Gasteiger partial charge in [0.15, 0.2) is 0 Å². The maximum Gasteiger partial charge on any atom is 0.344 e. The van der Waals surface area contributed by atoms with Gasteiger partial charge < -0.3 is 4.74 Å². The number of halogens is 1. The maximum atomic E-state index is 11.6. The first-order valence-corrected chi connectivity index (χ1v) is 6.68. The molecular formula is C13H7BrO2S. The van der Waals surface area contributed by atoms with E-state index >= 15 is 0 Å². The first-order chi connectivity index (χ1) is 8.24. The summed E-state index contributed by atoms with van der Waals surface area (Å²) < 4.78 is 6.29. The molecule has 0 N–H and O–H groups in total. The Balaban J connectivity index is 2.07. The number of carbonyl (C=O) groups is 1. The summed E-state index contributed by atoms with van der Waals surface area (Å²) in [7, 11) is 0. The molecule has 1 aliphatic heterocycles. The quantitative estimate of drug-likeness (QED) is 0.739. The minimum atomic E-state index is -0.275. The second-order valence-electron chi connectivity index (χ2n) is 3.61. The van der Waals surface area contributed by atoms with Crippen LogP contribution in [0.3, 0.4) is 0 Å². The minimum Gasteiger partial charge on any atom is -0.422 e. The van der Waals surface area contributed by atoms with E-state index in [4.69, 9.17) is 4.74 Å². The number of cyclic esters (lactones) is 1. The van der Waals surface area contributed by atoms with Gasteiger partial charge in [-0.3, -0.25) is 0 Å². The summed E-state index contributed by atoms with van der Waals surface area (Å²) in [4.78, 5) is 12.7. The second kappa shape index (κ2) is 4.13. The highest BCUT2D eigenvalue weighted by Crippen LogP contribution is 2.32. The van der Waals surface area contributed by atoms with Crippen LogP contribution in [0.1, 0.15) is 20.8 Å². The van der Waals surface area contributed by atoms with Crippen molar-refractivity contribution in [1.29, 1.82) is 0 Å². The number of thiophene rings is 1. The van der Waals surface area contributed by atoms with Crippen LogP contribution in [0, 0.1) is 0 Å². The molecule has 17 heavy (non-hydrogen) atoms. The molecule has 0 radical (unpaired) electrons. The summed E-state index contributed by atoms with van der Waals surface area (Å²) in [6.07, 6.45) is 1.89. The number of ether oxygens (including phenoxy) is 1. The number of hydrogen-bond acceptors (Lipinski definition) is 3. The Kier molecular flexibility index (Phi) is 2.61. The smallest absolute Gasteiger partial charge is 0.344 e. The van der Waals surface area contributed by atoms with Crippen LogP contribution in [-0.2, 0) is 4.74 Å². The minimum absolute atomic E-state index is 0.275. The highest BCUT2D eigenvalue weighted by molar-refractivity contribution is 9.10. The van der Waals surface area contributed by atoms with Gasteiger partial charge in [0, 0.05) is 20.3 Å². The molecule has 1 aromatic heterocycles. The van der Waals surface area contributed by atoms with Gasteiger partial charge in [0.2, 0.25) is 0 Å². The monoisotopic (exact) mass is 306 g/mol. The molecule has 1 aromatic carbocycles. The van der Waals surface area contributed by atoms with Crippen LogP contribution in [0.2, 0.25) is 0 Å². The highest BCUT2D eigenvalue weighted by Gasteiger charge is 2.25. The van der Waals surface area contributed by atoms with Crippen molar-refractivity contribution in [3.63, 3.8) is 0 Å². The van der Waals surface area contributed by atoms with Gasteiger partial charge >= 0.3 is 5.97 Å². The molecule has 0 fully saturated rings. The Bertz CT molecular complexity index is 628. The largest absolute Gasteiger partial charge is 0.422 e. The zero-order chi connectivity index (χ0) is 11.8. The maximum absolute atomic E-state index is 11.6. The summed E-state index contributed by atoms with van der Waals surface area (Å²) in [6.45, 7) is 0. The van der Waals surface area contributed by atoms with Crippen molar-refractivity contribution in [2.75, 3.05) is 0 Å². The fraction of sp³-hybridized carbons (Fsp3) is 0. The normalized spacial score (nSPS) is 16.1. The number of carbonyl (C=O) groups excluding carboxylic acids is 1. The van der Waals surface area contributed by atoms with Crippen molar-refractivity contribution < 1.29 is 9.53 Å². The zero-order valence-corrected chi connectivity index (χ0v) is 11.0. The van der Waals surface area contributed by atoms with Crippen molar-refractivity contribution in [1.82, 2.24) is 0 Å². The van der Waals surface area contributed by atoms with Gasteiger partial charge in [-0.05, 0) is 34.1 Å². The van der Waals surface area contributed by atoms with E-state index in [2.05, 4.69) is 15.9 Å². The van der Waals surface area contributed by atoms with Crippen LogP contribution in [0.15, 0.2) is 40.2 Å². The van der Waals surface area contributed by atoms with Crippen molar-refractivity contribution >= 4 is 45.1 Å². The molecule has 4 heteroatoms. The van der Waals surface area contributed by atoms with E-state index in [-0.39, 0.29) is 5.97 Å². The third-order valence-corrected chi connectivity index (χ3v) is 4.12. The SMILES string of the molecule is O=C1O/C(=C\c2cc(Br)cs2)c2ccccc21. The van der Waals surface area contributed by atoms with Gasteiger partial charge in [0.05, 0.1) is 5.56 Å². The summed E-state index contributed by atoms with van der Waals surface area (Å²) in [5, 5.41) is 2.00. The molecule has 1 aliphatic rings. The molecular weight excluding hydrogens is 300 g/mol. The standard InChI is InChI=1S/C13H7BrO2S/c14-8-5-9(17-7-8)6-12-10-3-1-2-4-11(10)13(15)16-12/h1-7H/b12-6-. The van der Waals surface area contributed by atoms with E-state index in [1.807, 2.05) is 35.7 Å². The summed E-state index contributed by atoms with van der Waals surface area (Å²) >= 11 is 5.00. The first-order valence-electron chi connectivity index (χ1n) is 5.01. The predicted molar refractivity (Wildman–Crippen MR) is 71.7 cm³/mol. The molecule has 0 spiro atoms. The molecule has 0 saturated carbocycles. The van der Waals surface area contributed by atoms with E-state index < -0.39 is 0 Å². The lowest BCUT2D eigenvalue weighted by molar-refractivity contribution is 0.0717. The number of rotatable bonds is 1. The predicted octanol–water partition coefficient (Wildman–Crippen LogP) is 4.18. The summed E-state index contributed by atoms with van der Waals surface area (Å²) in [6, 6.07) is 9.41. The number of fused-ring (bicyclic) bond motifs is 1. The lowest BCUT2D eigenvalue weighted by Crippen LogP contribution is -1.92. The molecule has 3 rings (SSSR count). The molecule has 84 valence electrons. The van der Waals surface area contributed by atoms with Gasteiger partial charge in [0.25, 0.3) is 0 Å². The van der Waals surface area contributed by atoms with Crippen molar-refractivity contribution in [3.05, 3.63) is 56.2 Å². The molecule has 0 atom stereocenters. The molecule has 2 nitrogen and oxygen atoms in total.